The predicted octanol–water partition coefficient (Wildman–Crippen LogP) is 3.58. The minimum Gasteiger partial charge on any atom is -0.292 e. The Labute approximate surface area is 145 Å². The van der Waals surface area contributed by atoms with Crippen molar-refractivity contribution in [3.63, 3.8) is 0 Å². The molecule has 0 amide bonds. The van der Waals surface area contributed by atoms with Crippen LogP contribution in [0.4, 0.5) is 17.6 Å². The van der Waals surface area contributed by atoms with Crippen molar-refractivity contribution in [2.75, 3.05) is 0 Å². The van der Waals surface area contributed by atoms with E-state index in [0.29, 0.717) is 6.07 Å². The zero-order chi connectivity index (χ0) is 18.9. The standard InChI is InChI=1S/C17H11F4NO3S/c18-11-5-1-4-10(17(19,20)21)12(11)14-13(23)9-3-2-8-22-15(9)16(6-7-16)26(14,24)25/h1-5,8,14H,6-7H2. The Hall–Kier alpha value is -2.29. The van der Waals surface area contributed by atoms with Gasteiger partial charge in [-0.05, 0) is 37.1 Å². The molecule has 9 heteroatoms. The third-order valence-electron chi connectivity index (χ3n) is 4.92. The van der Waals surface area contributed by atoms with Crippen molar-refractivity contribution in [3.05, 3.63) is 64.7 Å². The molecular formula is C17H11F4NO3S. The smallest absolute Gasteiger partial charge is 0.292 e. The van der Waals surface area contributed by atoms with Crippen molar-refractivity contribution in [2.24, 2.45) is 0 Å². The molecule has 2 heterocycles. The van der Waals surface area contributed by atoms with E-state index in [4.69, 9.17) is 0 Å². The van der Waals surface area contributed by atoms with Crippen LogP contribution < -0.4 is 0 Å². The molecule has 1 spiro atoms. The Morgan fingerprint density at radius 3 is 2.42 bits per heavy atom. The lowest BCUT2D eigenvalue weighted by Gasteiger charge is -2.31. The van der Waals surface area contributed by atoms with Crippen LogP contribution in [0.1, 0.15) is 45.3 Å². The number of carbonyl (C=O) groups excluding carboxylic acids is 1. The van der Waals surface area contributed by atoms with Crippen LogP contribution in [0, 0.1) is 5.82 Å². The molecule has 4 rings (SSSR count). The van der Waals surface area contributed by atoms with E-state index in [-0.39, 0.29) is 24.1 Å². The number of ketones is 1. The third kappa shape index (κ3) is 2.09. The van der Waals surface area contributed by atoms with Gasteiger partial charge in [0.1, 0.15) is 10.6 Å². The summed E-state index contributed by atoms with van der Waals surface area (Å²) in [5, 5.41) is -2.24. The number of fused-ring (bicyclic) bond motifs is 2. The number of halogens is 4. The van der Waals surface area contributed by atoms with Gasteiger partial charge in [-0.3, -0.25) is 9.78 Å². The van der Waals surface area contributed by atoms with E-state index in [9.17, 15) is 30.8 Å². The predicted molar refractivity (Wildman–Crippen MR) is 82.5 cm³/mol. The second-order valence-corrected chi connectivity index (χ2v) is 8.72. The van der Waals surface area contributed by atoms with E-state index in [1.165, 1.54) is 18.3 Å². The Morgan fingerprint density at radius 1 is 1.12 bits per heavy atom. The highest BCUT2D eigenvalue weighted by atomic mass is 32.2. The number of sulfone groups is 1. The molecule has 1 unspecified atom stereocenters. The molecule has 26 heavy (non-hydrogen) atoms. The van der Waals surface area contributed by atoms with Crippen LogP contribution in [0.25, 0.3) is 0 Å². The SMILES string of the molecule is O=C1c2cccnc2C2(CC2)S(=O)(=O)C1c1c(F)cccc1C(F)(F)F. The van der Waals surface area contributed by atoms with Gasteiger partial charge in [-0.2, -0.15) is 13.2 Å². The van der Waals surface area contributed by atoms with E-state index >= 15 is 0 Å². The Kier molecular flexibility index (Phi) is 3.38. The van der Waals surface area contributed by atoms with Crippen molar-refractivity contribution in [1.29, 1.82) is 0 Å². The van der Waals surface area contributed by atoms with Crippen LogP contribution in [0.3, 0.4) is 0 Å². The molecule has 2 aliphatic rings. The molecule has 1 saturated carbocycles. The minimum absolute atomic E-state index is 0.0474. The minimum atomic E-state index is -5.00. The first-order valence-corrected chi connectivity index (χ1v) is 9.25. The van der Waals surface area contributed by atoms with Gasteiger partial charge in [0, 0.05) is 17.3 Å². The van der Waals surface area contributed by atoms with E-state index < -0.39 is 48.7 Å². The van der Waals surface area contributed by atoms with Gasteiger partial charge in [-0.1, -0.05) is 6.07 Å². The summed E-state index contributed by atoms with van der Waals surface area (Å²) in [7, 11) is -4.46. The zero-order valence-corrected chi connectivity index (χ0v) is 13.9. The summed E-state index contributed by atoms with van der Waals surface area (Å²) >= 11 is 0. The first-order valence-electron chi connectivity index (χ1n) is 7.70. The first-order chi connectivity index (χ1) is 12.1. The molecule has 1 fully saturated rings. The number of aromatic nitrogens is 1. The number of nitrogens with zero attached hydrogens (tertiary/aromatic N) is 1. The lowest BCUT2D eigenvalue weighted by Crippen LogP contribution is -2.40. The summed E-state index contributed by atoms with van der Waals surface area (Å²) in [5.74, 6) is -2.45. The summed E-state index contributed by atoms with van der Waals surface area (Å²) < 4.78 is 79.2. The molecule has 1 atom stereocenters. The Balaban J connectivity index is 2.05. The average molecular weight is 385 g/mol. The molecule has 0 N–H and O–H groups in total. The van der Waals surface area contributed by atoms with Crippen LogP contribution in [0.15, 0.2) is 36.5 Å². The number of hydrogen-bond donors (Lipinski definition) is 0. The molecular weight excluding hydrogens is 374 g/mol. The van der Waals surface area contributed by atoms with Crippen LogP contribution in [-0.2, 0) is 20.8 Å². The Bertz CT molecular complexity index is 1040. The highest BCUT2D eigenvalue weighted by Gasteiger charge is 2.66. The van der Waals surface area contributed by atoms with Crippen LogP contribution in [0.2, 0.25) is 0 Å². The van der Waals surface area contributed by atoms with Gasteiger partial charge in [0.15, 0.2) is 20.9 Å². The van der Waals surface area contributed by atoms with Gasteiger partial charge in [0.25, 0.3) is 0 Å². The number of rotatable bonds is 1. The second kappa shape index (κ2) is 5.12. The fourth-order valence-corrected chi connectivity index (χ4v) is 6.09. The summed E-state index contributed by atoms with van der Waals surface area (Å²) in [5.41, 5.74) is -2.61. The maximum absolute atomic E-state index is 14.4. The van der Waals surface area contributed by atoms with Crippen molar-refractivity contribution in [3.8, 4) is 0 Å². The average Bonchev–Trinajstić information content (AvgIpc) is 3.36. The maximum Gasteiger partial charge on any atom is 0.416 e. The molecule has 0 saturated heterocycles. The molecule has 1 aliphatic heterocycles. The molecule has 2 aromatic rings. The van der Waals surface area contributed by atoms with E-state index in [1.807, 2.05) is 0 Å². The summed E-state index contributed by atoms with van der Waals surface area (Å²) in [6.07, 6.45) is -3.40. The summed E-state index contributed by atoms with van der Waals surface area (Å²) in [6, 6.07) is 4.86. The molecule has 4 nitrogen and oxygen atoms in total. The van der Waals surface area contributed by atoms with Gasteiger partial charge in [0.05, 0.1) is 11.3 Å². The van der Waals surface area contributed by atoms with Gasteiger partial charge >= 0.3 is 6.18 Å². The Morgan fingerprint density at radius 2 is 1.81 bits per heavy atom. The highest BCUT2D eigenvalue weighted by Crippen LogP contribution is 2.60. The molecule has 0 radical (unpaired) electrons. The highest BCUT2D eigenvalue weighted by molar-refractivity contribution is 7.93. The number of benzene rings is 1. The summed E-state index contributed by atoms with van der Waals surface area (Å²) in [6.45, 7) is 0. The number of Topliss-reactive ketones (excluding diaryl/α,β-unsaturated/α-hetero) is 1. The number of hydrogen-bond acceptors (Lipinski definition) is 4. The largest absolute Gasteiger partial charge is 0.416 e. The molecule has 136 valence electrons. The lowest BCUT2D eigenvalue weighted by molar-refractivity contribution is -0.138. The van der Waals surface area contributed by atoms with Crippen molar-refractivity contribution >= 4 is 15.6 Å². The van der Waals surface area contributed by atoms with Gasteiger partial charge in [-0.25, -0.2) is 12.8 Å². The third-order valence-corrected chi connectivity index (χ3v) is 7.68. The van der Waals surface area contributed by atoms with Crippen molar-refractivity contribution in [2.45, 2.75) is 29.0 Å². The van der Waals surface area contributed by atoms with E-state index in [1.54, 1.807) is 0 Å². The molecule has 1 aromatic carbocycles. The molecule has 1 aromatic heterocycles. The maximum atomic E-state index is 14.4. The van der Waals surface area contributed by atoms with E-state index in [0.717, 1.165) is 12.1 Å². The fourth-order valence-electron chi connectivity index (χ4n) is 3.58. The fraction of sp³-hybridized carbons (Fsp3) is 0.294. The van der Waals surface area contributed by atoms with Gasteiger partial charge < -0.3 is 0 Å². The topological polar surface area (TPSA) is 64.1 Å². The second-order valence-electron chi connectivity index (χ2n) is 6.38. The molecule has 1 aliphatic carbocycles. The monoisotopic (exact) mass is 385 g/mol. The van der Waals surface area contributed by atoms with Crippen LogP contribution in [0.5, 0.6) is 0 Å². The first kappa shape index (κ1) is 17.1. The number of alkyl halides is 3. The van der Waals surface area contributed by atoms with Gasteiger partial charge in [-0.15, -0.1) is 0 Å². The van der Waals surface area contributed by atoms with Crippen LogP contribution >= 0.6 is 0 Å². The molecule has 0 bridgehead atoms. The van der Waals surface area contributed by atoms with E-state index in [2.05, 4.69) is 4.98 Å². The number of carbonyl (C=O) groups is 1. The van der Waals surface area contributed by atoms with Crippen molar-refractivity contribution < 1.29 is 30.8 Å². The number of pyridine rings is 1. The lowest BCUT2D eigenvalue weighted by atomic mass is 9.94. The zero-order valence-electron chi connectivity index (χ0n) is 13.0. The van der Waals surface area contributed by atoms with Gasteiger partial charge in [0.2, 0.25) is 0 Å². The summed E-state index contributed by atoms with van der Waals surface area (Å²) in [4.78, 5) is 16.8. The van der Waals surface area contributed by atoms with Crippen LogP contribution in [-0.4, -0.2) is 19.2 Å². The normalized spacial score (nSPS) is 22.9. The quantitative estimate of drug-likeness (QED) is 0.704. The van der Waals surface area contributed by atoms with Crippen molar-refractivity contribution in [1.82, 2.24) is 4.98 Å².